The number of nitrogens with zero attached hydrogens (tertiary/aromatic N) is 1. The van der Waals surface area contributed by atoms with Gasteiger partial charge in [0.2, 0.25) is 0 Å². The zero-order valence-electron chi connectivity index (χ0n) is 18.8. The van der Waals surface area contributed by atoms with Crippen molar-refractivity contribution in [2.45, 2.75) is 45.3 Å². The van der Waals surface area contributed by atoms with Gasteiger partial charge in [-0.05, 0) is 25.5 Å². The van der Waals surface area contributed by atoms with Crippen LogP contribution in [-0.2, 0) is 20.8 Å². The van der Waals surface area contributed by atoms with Crippen LogP contribution in [-0.4, -0.2) is 65.3 Å². The average Bonchev–Trinajstić information content (AvgIpc) is 2.75. The molecule has 0 bridgehead atoms. The molecule has 172 valence electrons. The van der Waals surface area contributed by atoms with Gasteiger partial charge < -0.3 is 29.6 Å². The van der Waals surface area contributed by atoms with Crippen LogP contribution in [0.1, 0.15) is 37.3 Å². The van der Waals surface area contributed by atoms with Crippen molar-refractivity contribution in [3.63, 3.8) is 0 Å². The zero-order chi connectivity index (χ0) is 21.0. The maximum atomic E-state index is 5.98. The molecular weight excluding hydrogens is 497 g/mol. The molecule has 0 spiro atoms. The summed E-state index contributed by atoms with van der Waals surface area (Å²) >= 11 is 0. The standard InChI is InChI=1S/C22H37N3O4.HI/c1-5-23-21(25-17-22(27-4)9-13-28-14-10-22)24-16-19-8-7-18(2)15-20(19)29-12-6-11-26-3;/h7-8,15H,5-6,9-14,16-17H2,1-4H3,(H2,23,24,25);1H. The van der Waals surface area contributed by atoms with Gasteiger partial charge in [0.25, 0.3) is 0 Å². The Bertz CT molecular complexity index is 637. The van der Waals surface area contributed by atoms with Crippen LogP contribution in [0.25, 0.3) is 0 Å². The Morgan fingerprint density at radius 3 is 2.60 bits per heavy atom. The van der Waals surface area contributed by atoms with Crippen molar-refractivity contribution in [3.8, 4) is 5.75 Å². The quantitative estimate of drug-likeness (QED) is 0.196. The Kier molecular flexibility index (Phi) is 13.3. The third kappa shape index (κ3) is 8.95. The van der Waals surface area contributed by atoms with Gasteiger partial charge in [-0.2, -0.15) is 0 Å². The van der Waals surface area contributed by atoms with Crippen LogP contribution < -0.4 is 15.4 Å². The number of nitrogens with one attached hydrogen (secondary N) is 2. The van der Waals surface area contributed by atoms with Gasteiger partial charge in [0.05, 0.1) is 18.8 Å². The smallest absolute Gasteiger partial charge is 0.191 e. The summed E-state index contributed by atoms with van der Waals surface area (Å²) in [7, 11) is 3.48. The minimum Gasteiger partial charge on any atom is -0.493 e. The molecule has 0 atom stereocenters. The molecule has 1 fully saturated rings. The number of rotatable bonds is 11. The lowest BCUT2D eigenvalue weighted by atomic mass is 9.94. The summed E-state index contributed by atoms with van der Waals surface area (Å²) in [4.78, 5) is 4.77. The highest BCUT2D eigenvalue weighted by atomic mass is 127. The molecule has 0 aliphatic carbocycles. The molecule has 1 aromatic rings. The van der Waals surface area contributed by atoms with Gasteiger partial charge >= 0.3 is 0 Å². The maximum Gasteiger partial charge on any atom is 0.191 e. The predicted octanol–water partition coefficient (Wildman–Crippen LogP) is 3.28. The normalized spacial score (nSPS) is 15.9. The van der Waals surface area contributed by atoms with E-state index in [1.165, 1.54) is 5.56 Å². The molecule has 2 N–H and O–H groups in total. The number of ether oxygens (including phenoxy) is 4. The highest BCUT2D eigenvalue weighted by Crippen LogP contribution is 2.24. The second-order valence-corrected chi connectivity index (χ2v) is 7.35. The second kappa shape index (κ2) is 14.8. The number of benzene rings is 1. The molecule has 1 aliphatic rings. The molecule has 2 rings (SSSR count). The van der Waals surface area contributed by atoms with E-state index in [0.29, 0.717) is 26.3 Å². The van der Waals surface area contributed by atoms with Crippen LogP contribution in [0.2, 0.25) is 0 Å². The van der Waals surface area contributed by atoms with Crippen LogP contribution in [0.5, 0.6) is 5.75 Å². The van der Waals surface area contributed by atoms with Gasteiger partial charge in [0.15, 0.2) is 5.96 Å². The largest absolute Gasteiger partial charge is 0.493 e. The number of aryl methyl sites for hydroxylation is 1. The highest BCUT2D eigenvalue weighted by molar-refractivity contribution is 14.0. The first-order chi connectivity index (χ1) is 14.1. The van der Waals surface area contributed by atoms with Crippen LogP contribution in [0.3, 0.4) is 0 Å². The molecule has 7 nitrogen and oxygen atoms in total. The van der Waals surface area contributed by atoms with E-state index in [1.54, 1.807) is 14.2 Å². The van der Waals surface area contributed by atoms with E-state index < -0.39 is 0 Å². The lowest BCUT2D eigenvalue weighted by Gasteiger charge is -2.36. The van der Waals surface area contributed by atoms with Crippen LogP contribution in [0, 0.1) is 6.92 Å². The first-order valence-corrected chi connectivity index (χ1v) is 10.5. The molecule has 0 saturated carbocycles. The van der Waals surface area contributed by atoms with Crippen molar-refractivity contribution in [3.05, 3.63) is 29.3 Å². The maximum absolute atomic E-state index is 5.98. The van der Waals surface area contributed by atoms with Gasteiger partial charge in [-0.3, -0.25) is 0 Å². The van der Waals surface area contributed by atoms with Crippen LogP contribution in [0.15, 0.2) is 23.2 Å². The summed E-state index contributed by atoms with van der Waals surface area (Å²) in [6.45, 7) is 8.96. The Labute approximate surface area is 198 Å². The van der Waals surface area contributed by atoms with Gasteiger partial charge in [-0.1, -0.05) is 12.1 Å². The zero-order valence-corrected chi connectivity index (χ0v) is 21.1. The Morgan fingerprint density at radius 2 is 1.93 bits per heavy atom. The van der Waals surface area contributed by atoms with E-state index in [2.05, 4.69) is 42.7 Å². The number of aliphatic imine (C=N–C) groups is 1. The molecule has 8 heteroatoms. The first-order valence-electron chi connectivity index (χ1n) is 10.5. The van der Waals surface area contributed by atoms with Gasteiger partial charge in [-0.25, -0.2) is 4.99 Å². The highest BCUT2D eigenvalue weighted by Gasteiger charge is 2.32. The fraction of sp³-hybridized carbons (Fsp3) is 0.682. The summed E-state index contributed by atoms with van der Waals surface area (Å²) < 4.78 is 22.4. The average molecular weight is 535 g/mol. The fourth-order valence-corrected chi connectivity index (χ4v) is 3.26. The fourth-order valence-electron chi connectivity index (χ4n) is 3.26. The topological polar surface area (TPSA) is 73.3 Å². The summed E-state index contributed by atoms with van der Waals surface area (Å²) in [5.41, 5.74) is 2.04. The van der Waals surface area contributed by atoms with E-state index in [1.807, 2.05) is 0 Å². The SMILES string of the molecule is CCNC(=NCc1ccc(C)cc1OCCCOC)NCC1(OC)CCOCC1.I. The second-order valence-electron chi connectivity index (χ2n) is 7.35. The molecule has 30 heavy (non-hydrogen) atoms. The van der Waals surface area contributed by atoms with E-state index >= 15 is 0 Å². The molecule has 0 unspecified atom stereocenters. The van der Waals surface area contributed by atoms with Crippen LogP contribution in [0.4, 0.5) is 0 Å². The Balaban J connectivity index is 0.00000450. The van der Waals surface area contributed by atoms with E-state index in [0.717, 1.165) is 56.3 Å². The minimum atomic E-state index is -0.200. The summed E-state index contributed by atoms with van der Waals surface area (Å²) in [5.74, 6) is 1.67. The summed E-state index contributed by atoms with van der Waals surface area (Å²) in [5, 5.41) is 6.76. The molecule has 1 aromatic carbocycles. The molecule has 0 aromatic heterocycles. The van der Waals surface area contributed by atoms with E-state index in [-0.39, 0.29) is 29.6 Å². The van der Waals surface area contributed by atoms with Gasteiger partial charge in [-0.15, -0.1) is 24.0 Å². The molecule has 0 radical (unpaired) electrons. The summed E-state index contributed by atoms with van der Waals surface area (Å²) in [6, 6.07) is 6.25. The Hall–Kier alpha value is -1.10. The van der Waals surface area contributed by atoms with Crippen molar-refractivity contribution >= 4 is 29.9 Å². The number of hydrogen-bond donors (Lipinski definition) is 2. The van der Waals surface area contributed by atoms with E-state index in [9.17, 15) is 0 Å². The molecule has 1 aliphatic heterocycles. The first kappa shape index (κ1) is 26.9. The Morgan fingerprint density at radius 1 is 1.17 bits per heavy atom. The lowest BCUT2D eigenvalue weighted by molar-refractivity contribution is -0.0855. The third-order valence-electron chi connectivity index (χ3n) is 5.14. The predicted molar refractivity (Wildman–Crippen MR) is 131 cm³/mol. The van der Waals surface area contributed by atoms with Crippen molar-refractivity contribution in [1.82, 2.24) is 10.6 Å². The third-order valence-corrected chi connectivity index (χ3v) is 5.14. The van der Waals surface area contributed by atoms with Crippen molar-refractivity contribution in [2.75, 3.05) is 53.7 Å². The lowest BCUT2D eigenvalue weighted by Crippen LogP contribution is -2.50. The number of hydrogen-bond acceptors (Lipinski definition) is 5. The monoisotopic (exact) mass is 535 g/mol. The molecule has 0 amide bonds. The van der Waals surface area contributed by atoms with Crippen molar-refractivity contribution in [2.24, 2.45) is 4.99 Å². The molecular formula is C22H38IN3O4. The van der Waals surface area contributed by atoms with Crippen LogP contribution >= 0.6 is 24.0 Å². The number of halogens is 1. The number of methoxy groups -OCH3 is 2. The van der Waals surface area contributed by atoms with Gasteiger partial charge in [0, 0.05) is 72.0 Å². The minimum absolute atomic E-state index is 0. The van der Waals surface area contributed by atoms with Crippen molar-refractivity contribution in [1.29, 1.82) is 0 Å². The molecule has 1 heterocycles. The van der Waals surface area contributed by atoms with Crippen molar-refractivity contribution < 1.29 is 18.9 Å². The number of guanidine groups is 1. The van der Waals surface area contributed by atoms with E-state index in [4.69, 9.17) is 23.9 Å². The summed E-state index contributed by atoms with van der Waals surface area (Å²) in [6.07, 6.45) is 2.63. The molecule has 1 saturated heterocycles. The van der Waals surface area contributed by atoms with Gasteiger partial charge in [0.1, 0.15) is 5.75 Å².